The van der Waals surface area contributed by atoms with Gasteiger partial charge in [-0.3, -0.25) is 0 Å². The molecule has 3 unspecified atom stereocenters. The highest BCUT2D eigenvalue weighted by Gasteiger charge is 2.30. The molecule has 1 fully saturated rings. The summed E-state index contributed by atoms with van der Waals surface area (Å²) in [6.07, 6.45) is 3.56. The summed E-state index contributed by atoms with van der Waals surface area (Å²) in [5.41, 5.74) is 0. The molecule has 2 heteroatoms. The molecule has 3 atom stereocenters. The highest BCUT2D eigenvalue weighted by Crippen LogP contribution is 2.34. The van der Waals surface area contributed by atoms with Gasteiger partial charge >= 0.3 is 0 Å². The van der Waals surface area contributed by atoms with E-state index < -0.39 is 0 Å². The van der Waals surface area contributed by atoms with Crippen molar-refractivity contribution in [2.75, 3.05) is 11.5 Å². The minimum absolute atomic E-state index is 0.0124. The number of hydrogen-bond acceptors (Lipinski definition) is 2. The van der Waals surface area contributed by atoms with E-state index in [1.165, 1.54) is 24.3 Å². The Balaban J connectivity index is 2.16. The molecule has 1 aliphatic carbocycles. The lowest BCUT2D eigenvalue weighted by Gasteiger charge is -2.16. The summed E-state index contributed by atoms with van der Waals surface area (Å²) in [5, 5.41) is 9.52. The van der Waals surface area contributed by atoms with Gasteiger partial charge in [-0.05, 0) is 42.6 Å². The predicted octanol–water partition coefficient (Wildman–Crippen LogP) is 2.54. The first-order valence-electron chi connectivity index (χ1n) is 5.01. The summed E-state index contributed by atoms with van der Waals surface area (Å²) < 4.78 is 0. The second-order valence-electron chi connectivity index (χ2n) is 3.75. The van der Waals surface area contributed by atoms with Gasteiger partial charge in [-0.25, -0.2) is 0 Å². The average Bonchev–Trinajstić information content (AvgIpc) is 2.36. The third-order valence-corrected chi connectivity index (χ3v) is 3.95. The third-order valence-electron chi connectivity index (χ3n) is 3.02. The fraction of sp³-hybridized carbons (Fsp3) is 1.00. The smallest absolute Gasteiger partial charge is 0.0568 e. The minimum atomic E-state index is -0.0124. The molecule has 0 aliphatic heterocycles. The van der Waals surface area contributed by atoms with Gasteiger partial charge in [-0.2, -0.15) is 11.8 Å². The van der Waals surface area contributed by atoms with Crippen LogP contribution in [0.15, 0.2) is 0 Å². The van der Waals surface area contributed by atoms with Crippen molar-refractivity contribution in [3.8, 4) is 0 Å². The van der Waals surface area contributed by atoms with Crippen LogP contribution < -0.4 is 0 Å². The number of aliphatic hydroxyl groups is 1. The van der Waals surface area contributed by atoms with Gasteiger partial charge in [-0.1, -0.05) is 13.8 Å². The first-order chi connectivity index (χ1) is 5.75. The largest absolute Gasteiger partial charge is 0.393 e. The van der Waals surface area contributed by atoms with E-state index in [-0.39, 0.29) is 6.10 Å². The van der Waals surface area contributed by atoms with Crippen LogP contribution in [0.25, 0.3) is 0 Å². The maximum absolute atomic E-state index is 9.52. The Kier molecular flexibility index (Phi) is 4.44. The molecule has 0 saturated heterocycles. The second-order valence-corrected chi connectivity index (χ2v) is 5.14. The van der Waals surface area contributed by atoms with Crippen molar-refractivity contribution in [1.29, 1.82) is 0 Å². The zero-order chi connectivity index (χ0) is 8.97. The van der Waals surface area contributed by atoms with E-state index in [1.54, 1.807) is 0 Å². The zero-order valence-electron chi connectivity index (χ0n) is 8.12. The van der Waals surface area contributed by atoms with E-state index in [1.807, 2.05) is 11.8 Å². The van der Waals surface area contributed by atoms with E-state index >= 15 is 0 Å². The highest BCUT2D eigenvalue weighted by atomic mass is 32.2. The standard InChI is InChI=1S/C10H20OS/c1-3-12-7-6-9-4-5-10(11)8(9)2/h8-11H,3-7H2,1-2H3. The molecule has 0 bridgehead atoms. The molecule has 0 heterocycles. The number of hydrogen-bond donors (Lipinski definition) is 1. The Morgan fingerprint density at radius 1 is 1.42 bits per heavy atom. The molecule has 0 aromatic carbocycles. The van der Waals surface area contributed by atoms with Gasteiger partial charge in [0.25, 0.3) is 0 Å². The van der Waals surface area contributed by atoms with E-state index in [4.69, 9.17) is 0 Å². The number of aliphatic hydroxyl groups excluding tert-OH is 1. The maximum Gasteiger partial charge on any atom is 0.0568 e. The first-order valence-corrected chi connectivity index (χ1v) is 6.17. The van der Waals surface area contributed by atoms with Crippen molar-refractivity contribution in [1.82, 2.24) is 0 Å². The van der Waals surface area contributed by atoms with Crippen molar-refractivity contribution in [3.05, 3.63) is 0 Å². The van der Waals surface area contributed by atoms with Crippen molar-refractivity contribution < 1.29 is 5.11 Å². The summed E-state index contributed by atoms with van der Waals surface area (Å²) in [5.74, 6) is 3.84. The van der Waals surface area contributed by atoms with Crippen LogP contribution in [-0.2, 0) is 0 Å². The molecule has 1 N–H and O–H groups in total. The van der Waals surface area contributed by atoms with Gasteiger partial charge in [0, 0.05) is 0 Å². The van der Waals surface area contributed by atoms with Crippen LogP contribution in [0.3, 0.4) is 0 Å². The Bertz CT molecular complexity index is 127. The Labute approximate surface area is 79.9 Å². The molecule has 12 heavy (non-hydrogen) atoms. The summed E-state index contributed by atoms with van der Waals surface area (Å²) in [7, 11) is 0. The number of rotatable bonds is 4. The molecule has 1 aliphatic rings. The molecule has 0 amide bonds. The van der Waals surface area contributed by atoms with Crippen LogP contribution in [0.4, 0.5) is 0 Å². The van der Waals surface area contributed by atoms with Gasteiger partial charge < -0.3 is 5.11 Å². The molecule has 1 rings (SSSR count). The minimum Gasteiger partial charge on any atom is -0.393 e. The Morgan fingerprint density at radius 3 is 2.67 bits per heavy atom. The van der Waals surface area contributed by atoms with Crippen LogP contribution >= 0.6 is 11.8 Å². The van der Waals surface area contributed by atoms with E-state index in [2.05, 4.69) is 13.8 Å². The van der Waals surface area contributed by atoms with Gasteiger partial charge in [0.2, 0.25) is 0 Å². The van der Waals surface area contributed by atoms with Gasteiger partial charge in [0.1, 0.15) is 0 Å². The lowest BCUT2D eigenvalue weighted by molar-refractivity contribution is 0.127. The highest BCUT2D eigenvalue weighted by molar-refractivity contribution is 7.99. The van der Waals surface area contributed by atoms with Crippen molar-refractivity contribution in [3.63, 3.8) is 0 Å². The van der Waals surface area contributed by atoms with Crippen molar-refractivity contribution in [2.24, 2.45) is 11.8 Å². The number of thioether (sulfide) groups is 1. The summed E-state index contributed by atoms with van der Waals surface area (Å²) in [4.78, 5) is 0. The summed E-state index contributed by atoms with van der Waals surface area (Å²) >= 11 is 2.02. The van der Waals surface area contributed by atoms with E-state index in [0.717, 1.165) is 12.3 Å². The molecule has 1 saturated carbocycles. The fourth-order valence-electron chi connectivity index (χ4n) is 2.01. The normalized spacial score (nSPS) is 35.8. The molecule has 0 aromatic rings. The fourth-order valence-corrected chi connectivity index (χ4v) is 2.77. The SMILES string of the molecule is CCSCCC1CCC(O)C1C. The molecule has 0 aromatic heterocycles. The van der Waals surface area contributed by atoms with Gasteiger partial charge in [0.05, 0.1) is 6.10 Å². The van der Waals surface area contributed by atoms with E-state index in [0.29, 0.717) is 5.92 Å². The maximum atomic E-state index is 9.52. The molecule has 0 radical (unpaired) electrons. The zero-order valence-corrected chi connectivity index (χ0v) is 8.94. The predicted molar refractivity (Wildman–Crippen MR) is 55.5 cm³/mol. The average molecular weight is 188 g/mol. The van der Waals surface area contributed by atoms with Crippen LogP contribution in [-0.4, -0.2) is 22.7 Å². The molecule has 0 spiro atoms. The van der Waals surface area contributed by atoms with Crippen LogP contribution in [0.5, 0.6) is 0 Å². The van der Waals surface area contributed by atoms with Gasteiger partial charge in [0.15, 0.2) is 0 Å². The van der Waals surface area contributed by atoms with E-state index in [9.17, 15) is 5.11 Å². The van der Waals surface area contributed by atoms with Crippen LogP contribution in [0.1, 0.15) is 33.1 Å². The van der Waals surface area contributed by atoms with Crippen LogP contribution in [0.2, 0.25) is 0 Å². The lowest BCUT2D eigenvalue weighted by Crippen LogP contribution is -2.15. The lowest BCUT2D eigenvalue weighted by atomic mass is 9.95. The Morgan fingerprint density at radius 2 is 2.17 bits per heavy atom. The summed E-state index contributed by atoms with van der Waals surface area (Å²) in [6.45, 7) is 4.40. The quantitative estimate of drug-likeness (QED) is 0.684. The first kappa shape index (κ1) is 10.4. The second kappa shape index (κ2) is 5.13. The van der Waals surface area contributed by atoms with Crippen molar-refractivity contribution in [2.45, 2.75) is 39.2 Å². The topological polar surface area (TPSA) is 20.2 Å². The van der Waals surface area contributed by atoms with Gasteiger partial charge in [-0.15, -0.1) is 0 Å². The molecular formula is C10H20OS. The van der Waals surface area contributed by atoms with Crippen LogP contribution in [0, 0.1) is 11.8 Å². The molecular weight excluding hydrogens is 168 g/mol. The Hall–Kier alpha value is 0.310. The third kappa shape index (κ3) is 2.67. The molecule has 1 nitrogen and oxygen atoms in total. The molecule has 72 valence electrons. The van der Waals surface area contributed by atoms with Crippen molar-refractivity contribution >= 4 is 11.8 Å². The monoisotopic (exact) mass is 188 g/mol. The summed E-state index contributed by atoms with van der Waals surface area (Å²) in [6, 6.07) is 0.